The number of phenolic OH excluding ortho intramolecular Hbond substituents is 1. The Balaban J connectivity index is 2.14. The molecular formula is C18H15NO3. The summed E-state index contributed by atoms with van der Waals surface area (Å²) in [6.07, 6.45) is 4.79. The van der Waals surface area contributed by atoms with Crippen molar-refractivity contribution in [3.8, 4) is 11.5 Å². The van der Waals surface area contributed by atoms with Crippen LogP contribution in [0.15, 0.2) is 30.3 Å². The monoisotopic (exact) mass is 293 g/mol. The molecule has 2 N–H and O–H groups in total. The average Bonchev–Trinajstić information content (AvgIpc) is 2.82. The van der Waals surface area contributed by atoms with Gasteiger partial charge in [0.1, 0.15) is 17.1 Å². The van der Waals surface area contributed by atoms with Crippen LogP contribution in [-0.4, -0.2) is 22.0 Å². The maximum atomic E-state index is 11.5. The van der Waals surface area contributed by atoms with Gasteiger partial charge in [0.05, 0.1) is 16.6 Å². The lowest BCUT2D eigenvalue weighted by Gasteiger charge is -2.29. The molecule has 1 aliphatic rings. The van der Waals surface area contributed by atoms with Crippen LogP contribution in [-0.2, 0) is 0 Å². The van der Waals surface area contributed by atoms with Gasteiger partial charge >= 0.3 is 0 Å². The second kappa shape index (κ2) is 4.13. The molecule has 2 heterocycles. The smallest absolute Gasteiger partial charge is 0.153 e. The quantitative estimate of drug-likeness (QED) is 0.666. The topological polar surface area (TPSA) is 62.3 Å². The van der Waals surface area contributed by atoms with Crippen LogP contribution in [0, 0.1) is 0 Å². The molecule has 1 aromatic heterocycles. The van der Waals surface area contributed by atoms with Gasteiger partial charge in [0, 0.05) is 22.4 Å². The number of aldehydes is 1. The number of H-pyrrole nitrogens is 1. The van der Waals surface area contributed by atoms with E-state index in [1.165, 1.54) is 0 Å². The highest BCUT2D eigenvalue weighted by atomic mass is 16.5. The van der Waals surface area contributed by atoms with Crippen molar-refractivity contribution in [2.24, 2.45) is 0 Å². The second-order valence-electron chi connectivity index (χ2n) is 6.14. The molecule has 2 aromatic carbocycles. The molecule has 0 fully saturated rings. The number of aromatic nitrogens is 1. The van der Waals surface area contributed by atoms with E-state index in [0.29, 0.717) is 11.3 Å². The number of carbonyl (C=O) groups excluding carboxylic acids is 1. The number of benzene rings is 2. The zero-order valence-corrected chi connectivity index (χ0v) is 12.3. The summed E-state index contributed by atoms with van der Waals surface area (Å²) in [5, 5.41) is 11.6. The van der Waals surface area contributed by atoms with E-state index in [1.54, 1.807) is 12.1 Å². The van der Waals surface area contributed by atoms with Crippen molar-refractivity contribution >= 4 is 34.2 Å². The lowest BCUT2D eigenvalue weighted by atomic mass is 9.97. The van der Waals surface area contributed by atoms with E-state index >= 15 is 0 Å². The first-order chi connectivity index (χ1) is 10.5. The van der Waals surface area contributed by atoms with Crippen LogP contribution in [0.25, 0.3) is 27.9 Å². The number of carbonyl (C=O) groups is 1. The van der Waals surface area contributed by atoms with Gasteiger partial charge in [-0.15, -0.1) is 0 Å². The Labute approximate surface area is 127 Å². The first-order valence-electron chi connectivity index (χ1n) is 7.13. The molecule has 4 heteroatoms. The highest BCUT2D eigenvalue weighted by molar-refractivity contribution is 6.12. The molecule has 0 spiro atoms. The number of nitrogens with one attached hydrogen (secondary N) is 1. The fraction of sp³-hybridized carbons (Fsp3) is 0.167. The van der Waals surface area contributed by atoms with Gasteiger partial charge < -0.3 is 14.8 Å². The lowest BCUT2D eigenvalue weighted by molar-refractivity contribution is 0.110. The standard InChI is InChI=1S/C18H15NO3/c1-18(2)6-5-13-16-14(7-10(9-20)17(13)22-18)12-4-3-11(21)8-15(12)19-16/h3-9,19,21H,1-2H3. The molecular weight excluding hydrogens is 278 g/mol. The minimum Gasteiger partial charge on any atom is -0.508 e. The van der Waals surface area contributed by atoms with Gasteiger partial charge in [-0.25, -0.2) is 0 Å². The molecule has 0 bridgehead atoms. The van der Waals surface area contributed by atoms with E-state index in [4.69, 9.17) is 4.74 Å². The summed E-state index contributed by atoms with van der Waals surface area (Å²) in [5.74, 6) is 0.808. The number of aromatic amines is 1. The van der Waals surface area contributed by atoms with Crippen molar-refractivity contribution in [3.05, 3.63) is 41.5 Å². The first-order valence-corrected chi connectivity index (χ1v) is 7.13. The van der Waals surface area contributed by atoms with Crippen molar-refractivity contribution in [2.45, 2.75) is 19.4 Å². The zero-order valence-electron chi connectivity index (χ0n) is 12.3. The summed E-state index contributed by atoms with van der Waals surface area (Å²) in [7, 11) is 0. The SMILES string of the molecule is CC1(C)C=Cc2c(c(C=O)cc3c2[nH]c2cc(O)ccc23)O1. The van der Waals surface area contributed by atoms with Gasteiger partial charge in [-0.1, -0.05) is 0 Å². The summed E-state index contributed by atoms with van der Waals surface area (Å²) in [5.41, 5.74) is 2.71. The van der Waals surface area contributed by atoms with Crippen molar-refractivity contribution in [1.82, 2.24) is 4.98 Å². The van der Waals surface area contributed by atoms with Crippen molar-refractivity contribution in [2.75, 3.05) is 0 Å². The number of hydrogen-bond acceptors (Lipinski definition) is 3. The van der Waals surface area contributed by atoms with Crippen LogP contribution in [0.5, 0.6) is 11.5 Å². The highest BCUT2D eigenvalue weighted by Crippen LogP contribution is 2.41. The molecule has 1 aliphatic heterocycles. The zero-order chi connectivity index (χ0) is 15.5. The maximum absolute atomic E-state index is 11.5. The normalized spacial score (nSPS) is 15.7. The van der Waals surface area contributed by atoms with Crippen LogP contribution >= 0.6 is 0 Å². The van der Waals surface area contributed by atoms with Gasteiger partial charge in [0.15, 0.2) is 6.29 Å². The molecule has 4 rings (SSSR count). The van der Waals surface area contributed by atoms with E-state index in [1.807, 2.05) is 38.1 Å². The Kier molecular flexibility index (Phi) is 2.43. The molecule has 0 radical (unpaired) electrons. The minimum atomic E-state index is -0.442. The number of ether oxygens (including phenoxy) is 1. The summed E-state index contributed by atoms with van der Waals surface area (Å²) in [6, 6.07) is 7.01. The predicted octanol–water partition coefficient (Wildman–Crippen LogP) is 4.02. The summed E-state index contributed by atoms with van der Waals surface area (Å²) in [4.78, 5) is 14.8. The number of aromatic hydroxyl groups is 1. The Morgan fingerprint density at radius 3 is 2.82 bits per heavy atom. The van der Waals surface area contributed by atoms with Crippen LogP contribution in [0.4, 0.5) is 0 Å². The molecule has 22 heavy (non-hydrogen) atoms. The largest absolute Gasteiger partial charge is 0.508 e. The molecule has 0 saturated heterocycles. The summed E-state index contributed by atoms with van der Waals surface area (Å²) < 4.78 is 5.98. The summed E-state index contributed by atoms with van der Waals surface area (Å²) >= 11 is 0. The molecule has 3 aromatic rings. The van der Waals surface area contributed by atoms with Crippen LogP contribution in [0.2, 0.25) is 0 Å². The second-order valence-corrected chi connectivity index (χ2v) is 6.14. The fourth-order valence-electron chi connectivity index (χ4n) is 3.00. The number of rotatable bonds is 1. The highest BCUT2D eigenvalue weighted by Gasteiger charge is 2.26. The first kappa shape index (κ1) is 13.0. The van der Waals surface area contributed by atoms with E-state index in [2.05, 4.69) is 4.98 Å². The molecule has 0 aliphatic carbocycles. The van der Waals surface area contributed by atoms with Crippen molar-refractivity contribution in [3.63, 3.8) is 0 Å². The van der Waals surface area contributed by atoms with Crippen LogP contribution in [0.3, 0.4) is 0 Å². The van der Waals surface area contributed by atoms with E-state index in [-0.39, 0.29) is 5.75 Å². The fourth-order valence-corrected chi connectivity index (χ4v) is 3.00. The maximum Gasteiger partial charge on any atom is 0.153 e. The number of phenols is 1. The lowest BCUT2D eigenvalue weighted by Crippen LogP contribution is -2.28. The Bertz CT molecular complexity index is 964. The van der Waals surface area contributed by atoms with Crippen molar-refractivity contribution in [1.29, 1.82) is 0 Å². The number of hydrogen-bond donors (Lipinski definition) is 2. The number of fused-ring (bicyclic) bond motifs is 5. The van der Waals surface area contributed by atoms with Crippen molar-refractivity contribution < 1.29 is 14.6 Å². The molecule has 0 unspecified atom stereocenters. The van der Waals surface area contributed by atoms with Gasteiger partial charge in [-0.05, 0) is 44.2 Å². The van der Waals surface area contributed by atoms with Gasteiger partial charge in [-0.3, -0.25) is 4.79 Å². The Morgan fingerprint density at radius 2 is 2.05 bits per heavy atom. The van der Waals surface area contributed by atoms with E-state index in [0.717, 1.165) is 33.7 Å². The molecule has 0 amide bonds. The van der Waals surface area contributed by atoms with Crippen LogP contribution < -0.4 is 4.74 Å². The molecule has 110 valence electrons. The average molecular weight is 293 g/mol. The van der Waals surface area contributed by atoms with Gasteiger partial charge in [-0.2, -0.15) is 0 Å². The molecule has 0 atom stereocenters. The molecule has 0 saturated carbocycles. The van der Waals surface area contributed by atoms with Gasteiger partial charge in [0.2, 0.25) is 0 Å². The van der Waals surface area contributed by atoms with E-state index < -0.39 is 5.60 Å². The third kappa shape index (κ3) is 1.73. The van der Waals surface area contributed by atoms with Crippen LogP contribution in [0.1, 0.15) is 29.8 Å². The van der Waals surface area contributed by atoms with E-state index in [9.17, 15) is 9.90 Å². The Hall–Kier alpha value is -2.75. The third-order valence-electron chi connectivity index (χ3n) is 4.04. The molecule has 4 nitrogen and oxygen atoms in total. The van der Waals surface area contributed by atoms with Gasteiger partial charge in [0.25, 0.3) is 0 Å². The predicted molar refractivity (Wildman–Crippen MR) is 86.6 cm³/mol. The summed E-state index contributed by atoms with van der Waals surface area (Å²) in [6.45, 7) is 3.91. The minimum absolute atomic E-state index is 0.205. The third-order valence-corrected chi connectivity index (χ3v) is 4.04. The Morgan fingerprint density at radius 1 is 1.23 bits per heavy atom.